The number of anilines is 1. The largest absolute Gasteiger partial charge is 0.573 e. The smallest absolute Gasteiger partial charge is 0.406 e. The molecule has 0 spiro atoms. The molecular formula is C12H14F3NO. The molecule has 1 aromatic rings. The number of hydrogen-bond donors (Lipinski definition) is 1. The lowest BCUT2D eigenvalue weighted by Gasteiger charge is -2.33. The SMILES string of the molecule is CC1(C)CCNc2ccc(OC(F)(F)F)cc21. The van der Waals surface area contributed by atoms with Gasteiger partial charge in [-0.05, 0) is 35.6 Å². The number of nitrogens with one attached hydrogen (secondary N) is 1. The van der Waals surface area contributed by atoms with E-state index < -0.39 is 6.36 Å². The predicted molar refractivity (Wildman–Crippen MR) is 59.3 cm³/mol. The van der Waals surface area contributed by atoms with Crippen LogP contribution in [0, 0.1) is 0 Å². The Balaban J connectivity index is 2.35. The van der Waals surface area contributed by atoms with Crippen LogP contribution in [0.2, 0.25) is 0 Å². The number of halogens is 3. The molecule has 0 amide bonds. The summed E-state index contributed by atoms with van der Waals surface area (Å²) in [6.07, 6.45) is -3.75. The van der Waals surface area contributed by atoms with Crippen LogP contribution in [0.5, 0.6) is 5.75 Å². The number of ether oxygens (including phenoxy) is 1. The first-order chi connectivity index (χ1) is 7.78. The topological polar surface area (TPSA) is 21.3 Å². The molecule has 94 valence electrons. The highest BCUT2D eigenvalue weighted by molar-refractivity contribution is 5.59. The van der Waals surface area contributed by atoms with Crippen molar-refractivity contribution in [3.63, 3.8) is 0 Å². The summed E-state index contributed by atoms with van der Waals surface area (Å²) in [5, 5.41) is 3.17. The molecule has 0 saturated carbocycles. The summed E-state index contributed by atoms with van der Waals surface area (Å²) < 4.78 is 40.3. The highest BCUT2D eigenvalue weighted by atomic mass is 19.4. The third-order valence-electron chi connectivity index (χ3n) is 3.02. The van der Waals surface area contributed by atoms with Crippen LogP contribution in [0.3, 0.4) is 0 Å². The maximum atomic E-state index is 12.1. The van der Waals surface area contributed by atoms with Crippen molar-refractivity contribution in [2.75, 3.05) is 11.9 Å². The van der Waals surface area contributed by atoms with Crippen LogP contribution in [0.25, 0.3) is 0 Å². The Hall–Kier alpha value is -1.39. The molecule has 1 aromatic carbocycles. The molecule has 0 radical (unpaired) electrons. The number of hydrogen-bond acceptors (Lipinski definition) is 2. The maximum absolute atomic E-state index is 12.1. The lowest BCUT2D eigenvalue weighted by atomic mass is 9.78. The summed E-state index contributed by atoms with van der Waals surface area (Å²) in [6.45, 7) is 4.87. The van der Waals surface area contributed by atoms with E-state index in [9.17, 15) is 13.2 Å². The van der Waals surface area contributed by atoms with Crippen LogP contribution in [0.4, 0.5) is 18.9 Å². The maximum Gasteiger partial charge on any atom is 0.573 e. The first kappa shape index (κ1) is 12.1. The molecule has 0 fully saturated rings. The number of fused-ring (bicyclic) bond motifs is 1. The molecule has 1 aliphatic heterocycles. The average Bonchev–Trinajstić information content (AvgIpc) is 2.16. The van der Waals surface area contributed by atoms with Crippen molar-refractivity contribution in [3.8, 4) is 5.75 Å². The minimum Gasteiger partial charge on any atom is -0.406 e. The third-order valence-corrected chi connectivity index (χ3v) is 3.02. The number of alkyl halides is 3. The molecule has 2 nitrogen and oxygen atoms in total. The van der Waals surface area contributed by atoms with Crippen LogP contribution >= 0.6 is 0 Å². The van der Waals surface area contributed by atoms with E-state index in [-0.39, 0.29) is 11.2 Å². The normalized spacial score (nSPS) is 18.2. The van der Waals surface area contributed by atoms with Crippen LogP contribution < -0.4 is 10.1 Å². The van der Waals surface area contributed by atoms with E-state index >= 15 is 0 Å². The summed E-state index contributed by atoms with van der Waals surface area (Å²) in [5.41, 5.74) is 1.62. The molecular weight excluding hydrogens is 231 g/mol. The Labute approximate surface area is 97.8 Å². The zero-order valence-corrected chi connectivity index (χ0v) is 9.69. The van der Waals surface area contributed by atoms with Gasteiger partial charge in [-0.3, -0.25) is 0 Å². The van der Waals surface area contributed by atoms with Gasteiger partial charge in [0, 0.05) is 12.2 Å². The fourth-order valence-electron chi connectivity index (χ4n) is 2.08. The Morgan fingerprint density at radius 2 is 2.00 bits per heavy atom. The Morgan fingerprint density at radius 3 is 2.65 bits per heavy atom. The predicted octanol–water partition coefficient (Wildman–Crippen LogP) is 3.68. The van der Waals surface area contributed by atoms with Crippen LogP contribution in [-0.4, -0.2) is 12.9 Å². The van der Waals surface area contributed by atoms with Gasteiger partial charge in [-0.2, -0.15) is 0 Å². The van der Waals surface area contributed by atoms with Crippen molar-refractivity contribution >= 4 is 5.69 Å². The second-order valence-corrected chi connectivity index (χ2v) is 4.82. The van der Waals surface area contributed by atoms with Crippen molar-refractivity contribution in [1.82, 2.24) is 0 Å². The van der Waals surface area contributed by atoms with E-state index in [4.69, 9.17) is 0 Å². The second-order valence-electron chi connectivity index (χ2n) is 4.82. The highest BCUT2D eigenvalue weighted by Crippen LogP contribution is 2.39. The average molecular weight is 245 g/mol. The van der Waals surface area contributed by atoms with Gasteiger partial charge in [0.05, 0.1) is 0 Å². The molecule has 0 unspecified atom stereocenters. The second kappa shape index (κ2) is 3.82. The van der Waals surface area contributed by atoms with E-state index in [0.29, 0.717) is 0 Å². The Kier molecular flexibility index (Phi) is 2.72. The highest BCUT2D eigenvalue weighted by Gasteiger charge is 2.33. The van der Waals surface area contributed by atoms with Gasteiger partial charge in [0.1, 0.15) is 5.75 Å². The van der Waals surface area contributed by atoms with E-state index in [1.165, 1.54) is 12.1 Å². The van der Waals surface area contributed by atoms with E-state index in [0.717, 1.165) is 24.2 Å². The molecule has 2 rings (SSSR count). The molecule has 17 heavy (non-hydrogen) atoms. The quantitative estimate of drug-likeness (QED) is 0.814. The summed E-state index contributed by atoms with van der Waals surface area (Å²) in [7, 11) is 0. The van der Waals surface area contributed by atoms with Crippen LogP contribution in [0.1, 0.15) is 25.8 Å². The van der Waals surface area contributed by atoms with Gasteiger partial charge < -0.3 is 10.1 Å². The standard InChI is InChI=1S/C12H14F3NO/c1-11(2)5-6-16-10-4-3-8(7-9(10)11)17-12(13,14)15/h3-4,7,16H,5-6H2,1-2H3. The van der Waals surface area contributed by atoms with Crippen molar-refractivity contribution in [2.24, 2.45) is 0 Å². The fraction of sp³-hybridized carbons (Fsp3) is 0.500. The van der Waals surface area contributed by atoms with E-state index in [1.54, 1.807) is 6.07 Å². The van der Waals surface area contributed by atoms with Crippen LogP contribution in [0.15, 0.2) is 18.2 Å². The molecule has 0 atom stereocenters. The zero-order chi connectivity index (χ0) is 12.7. The molecule has 0 aliphatic carbocycles. The Morgan fingerprint density at radius 1 is 1.29 bits per heavy atom. The molecule has 5 heteroatoms. The lowest BCUT2D eigenvalue weighted by Crippen LogP contribution is -2.28. The van der Waals surface area contributed by atoms with E-state index in [2.05, 4.69) is 10.1 Å². The summed E-state index contributed by atoms with van der Waals surface area (Å²) in [5.74, 6) is -0.159. The van der Waals surface area contributed by atoms with Crippen molar-refractivity contribution < 1.29 is 17.9 Å². The van der Waals surface area contributed by atoms with Gasteiger partial charge in [0.15, 0.2) is 0 Å². The molecule has 0 bridgehead atoms. The minimum absolute atomic E-state index is 0.133. The summed E-state index contributed by atoms with van der Waals surface area (Å²) in [4.78, 5) is 0. The third kappa shape index (κ3) is 2.65. The van der Waals surface area contributed by atoms with E-state index in [1.807, 2.05) is 13.8 Å². The lowest BCUT2D eigenvalue weighted by molar-refractivity contribution is -0.274. The van der Waals surface area contributed by atoms with Gasteiger partial charge in [0.25, 0.3) is 0 Å². The molecule has 1 N–H and O–H groups in total. The number of benzene rings is 1. The van der Waals surface area contributed by atoms with Crippen molar-refractivity contribution in [1.29, 1.82) is 0 Å². The molecule has 0 saturated heterocycles. The molecule has 1 aliphatic rings. The van der Waals surface area contributed by atoms with Gasteiger partial charge in [-0.25, -0.2) is 0 Å². The van der Waals surface area contributed by atoms with Crippen LogP contribution in [-0.2, 0) is 5.41 Å². The van der Waals surface area contributed by atoms with Gasteiger partial charge in [0.2, 0.25) is 0 Å². The minimum atomic E-state index is -4.64. The fourth-order valence-corrected chi connectivity index (χ4v) is 2.08. The monoisotopic (exact) mass is 245 g/mol. The van der Waals surface area contributed by atoms with Crippen molar-refractivity contribution in [2.45, 2.75) is 32.0 Å². The zero-order valence-electron chi connectivity index (χ0n) is 9.69. The molecule has 0 aromatic heterocycles. The summed E-state index contributed by atoms with van der Waals surface area (Å²) >= 11 is 0. The Bertz CT molecular complexity index is 426. The van der Waals surface area contributed by atoms with Gasteiger partial charge in [-0.15, -0.1) is 13.2 Å². The first-order valence-corrected chi connectivity index (χ1v) is 5.42. The molecule has 1 heterocycles. The van der Waals surface area contributed by atoms with Gasteiger partial charge in [-0.1, -0.05) is 13.8 Å². The van der Waals surface area contributed by atoms with Crippen molar-refractivity contribution in [3.05, 3.63) is 23.8 Å². The first-order valence-electron chi connectivity index (χ1n) is 5.42. The van der Waals surface area contributed by atoms with Gasteiger partial charge >= 0.3 is 6.36 Å². The number of rotatable bonds is 1. The summed E-state index contributed by atoms with van der Waals surface area (Å²) in [6, 6.07) is 4.44.